The number of piperidine rings is 1. The Hall–Kier alpha value is -2.44. The number of para-hydroxylation sites is 2. The SMILES string of the molecule is NCCN1CCC(Nc2nc3ccccc3n2C2CCCc3ncccc32)CC1. The Labute approximate surface area is 172 Å². The molecule has 3 aromatic rings. The highest BCUT2D eigenvalue weighted by molar-refractivity contribution is 5.79. The second kappa shape index (κ2) is 8.13. The molecular weight excluding hydrogens is 360 g/mol. The number of aryl methyl sites for hydroxylation is 1. The van der Waals surface area contributed by atoms with Crippen LogP contribution in [0, 0.1) is 0 Å². The summed E-state index contributed by atoms with van der Waals surface area (Å²) < 4.78 is 2.43. The topological polar surface area (TPSA) is 72.0 Å². The smallest absolute Gasteiger partial charge is 0.204 e. The Morgan fingerprint density at radius 1 is 1.07 bits per heavy atom. The molecule has 6 heteroatoms. The van der Waals surface area contributed by atoms with Crippen LogP contribution in [0.5, 0.6) is 0 Å². The van der Waals surface area contributed by atoms with E-state index < -0.39 is 0 Å². The van der Waals surface area contributed by atoms with Crippen molar-refractivity contribution in [3.8, 4) is 0 Å². The van der Waals surface area contributed by atoms with Crippen molar-refractivity contribution in [3.05, 3.63) is 53.9 Å². The van der Waals surface area contributed by atoms with Gasteiger partial charge in [0, 0.05) is 44.1 Å². The molecule has 0 spiro atoms. The standard InChI is InChI=1S/C23H30N6/c24-12-16-28-14-10-17(11-15-28)26-23-27-20-6-1-2-8-22(20)29(23)21-9-3-7-19-18(21)5-4-13-25-19/h1-2,4-6,8,13,17,21H,3,7,9-12,14-16,24H2,(H,26,27). The van der Waals surface area contributed by atoms with Crippen LogP contribution in [0.4, 0.5) is 5.95 Å². The van der Waals surface area contributed by atoms with Gasteiger partial charge >= 0.3 is 0 Å². The van der Waals surface area contributed by atoms with E-state index >= 15 is 0 Å². The van der Waals surface area contributed by atoms with E-state index in [2.05, 4.69) is 56.2 Å². The minimum atomic E-state index is 0.291. The Morgan fingerprint density at radius 3 is 2.79 bits per heavy atom. The highest BCUT2D eigenvalue weighted by Gasteiger charge is 2.28. The maximum Gasteiger partial charge on any atom is 0.204 e. The molecule has 1 aliphatic carbocycles. The van der Waals surface area contributed by atoms with Crippen molar-refractivity contribution >= 4 is 17.0 Å². The molecule has 3 heterocycles. The molecular formula is C23H30N6. The zero-order chi connectivity index (χ0) is 19.6. The highest BCUT2D eigenvalue weighted by Crippen LogP contribution is 2.37. The summed E-state index contributed by atoms with van der Waals surface area (Å²) in [5.74, 6) is 1.00. The zero-order valence-corrected chi connectivity index (χ0v) is 16.9. The van der Waals surface area contributed by atoms with Gasteiger partial charge in [0.1, 0.15) is 0 Å². The molecule has 0 radical (unpaired) electrons. The molecule has 1 aliphatic heterocycles. The third-order valence-electron chi connectivity index (χ3n) is 6.45. The number of nitrogens with zero attached hydrogens (tertiary/aromatic N) is 4. The third-order valence-corrected chi connectivity index (χ3v) is 6.45. The van der Waals surface area contributed by atoms with Crippen molar-refractivity contribution in [1.29, 1.82) is 0 Å². The van der Waals surface area contributed by atoms with E-state index in [9.17, 15) is 0 Å². The number of nitrogens with two attached hydrogens (primary N) is 1. The number of nitrogens with one attached hydrogen (secondary N) is 1. The van der Waals surface area contributed by atoms with E-state index in [0.717, 1.165) is 69.7 Å². The van der Waals surface area contributed by atoms with Gasteiger partial charge in [-0.15, -0.1) is 0 Å². The first-order valence-electron chi connectivity index (χ1n) is 10.9. The molecule has 0 amide bonds. The highest BCUT2D eigenvalue weighted by atomic mass is 15.2. The summed E-state index contributed by atoms with van der Waals surface area (Å²) in [6.45, 7) is 3.94. The summed E-state index contributed by atoms with van der Waals surface area (Å²) >= 11 is 0. The maximum absolute atomic E-state index is 5.73. The molecule has 29 heavy (non-hydrogen) atoms. The Balaban J connectivity index is 1.48. The molecule has 1 fully saturated rings. The van der Waals surface area contributed by atoms with Crippen LogP contribution >= 0.6 is 0 Å². The molecule has 1 saturated heterocycles. The third kappa shape index (κ3) is 3.63. The second-order valence-electron chi connectivity index (χ2n) is 8.29. The quantitative estimate of drug-likeness (QED) is 0.700. The van der Waals surface area contributed by atoms with Crippen LogP contribution in [0.1, 0.15) is 43.0 Å². The number of benzene rings is 1. The Bertz CT molecular complexity index is 972. The summed E-state index contributed by atoms with van der Waals surface area (Å²) in [5.41, 5.74) is 10.6. The van der Waals surface area contributed by atoms with E-state index in [4.69, 9.17) is 10.7 Å². The summed E-state index contributed by atoms with van der Waals surface area (Å²) in [6.07, 6.45) is 7.54. The van der Waals surface area contributed by atoms with Gasteiger partial charge in [-0.1, -0.05) is 18.2 Å². The average Bonchev–Trinajstić information content (AvgIpc) is 3.12. The number of likely N-dealkylation sites (tertiary alicyclic amines) is 1. The van der Waals surface area contributed by atoms with Crippen molar-refractivity contribution in [3.63, 3.8) is 0 Å². The minimum Gasteiger partial charge on any atom is -0.353 e. The van der Waals surface area contributed by atoms with Gasteiger partial charge in [0.25, 0.3) is 0 Å². The van der Waals surface area contributed by atoms with Crippen LogP contribution in [0.3, 0.4) is 0 Å². The van der Waals surface area contributed by atoms with Gasteiger partial charge in [-0.05, 0) is 55.9 Å². The van der Waals surface area contributed by atoms with Crippen LogP contribution in [0.2, 0.25) is 0 Å². The molecule has 6 nitrogen and oxygen atoms in total. The van der Waals surface area contributed by atoms with E-state index in [-0.39, 0.29) is 0 Å². The summed E-state index contributed by atoms with van der Waals surface area (Å²) in [7, 11) is 0. The molecule has 3 N–H and O–H groups in total. The van der Waals surface area contributed by atoms with Crippen molar-refractivity contribution in [2.75, 3.05) is 31.5 Å². The summed E-state index contributed by atoms with van der Waals surface area (Å²) in [6, 6.07) is 13.6. The number of rotatable bonds is 5. The van der Waals surface area contributed by atoms with Gasteiger partial charge in [-0.25, -0.2) is 4.98 Å². The van der Waals surface area contributed by atoms with E-state index in [1.807, 2.05) is 6.20 Å². The van der Waals surface area contributed by atoms with Gasteiger partial charge in [-0.3, -0.25) is 4.98 Å². The maximum atomic E-state index is 5.73. The van der Waals surface area contributed by atoms with Crippen molar-refractivity contribution in [2.24, 2.45) is 5.73 Å². The largest absolute Gasteiger partial charge is 0.353 e. The predicted molar refractivity (Wildman–Crippen MR) is 117 cm³/mol. The number of imidazole rings is 1. The van der Waals surface area contributed by atoms with Crippen LogP contribution in [-0.2, 0) is 6.42 Å². The lowest BCUT2D eigenvalue weighted by atomic mass is 9.91. The fourth-order valence-electron chi connectivity index (χ4n) is 4.98. The van der Waals surface area contributed by atoms with Gasteiger partial charge in [-0.2, -0.15) is 0 Å². The molecule has 2 aromatic heterocycles. The monoisotopic (exact) mass is 390 g/mol. The molecule has 5 rings (SSSR count). The first kappa shape index (κ1) is 18.6. The van der Waals surface area contributed by atoms with Crippen molar-refractivity contribution in [2.45, 2.75) is 44.2 Å². The van der Waals surface area contributed by atoms with Crippen LogP contribution < -0.4 is 11.1 Å². The van der Waals surface area contributed by atoms with Crippen LogP contribution in [0.15, 0.2) is 42.6 Å². The molecule has 1 unspecified atom stereocenters. The normalized spacial score (nSPS) is 20.7. The minimum absolute atomic E-state index is 0.291. The van der Waals surface area contributed by atoms with E-state index in [1.165, 1.54) is 16.8 Å². The van der Waals surface area contributed by atoms with Crippen LogP contribution in [0.25, 0.3) is 11.0 Å². The lowest BCUT2D eigenvalue weighted by Gasteiger charge is -2.33. The first-order valence-corrected chi connectivity index (χ1v) is 10.9. The second-order valence-corrected chi connectivity index (χ2v) is 8.29. The molecule has 2 aliphatic rings. The lowest BCUT2D eigenvalue weighted by Crippen LogP contribution is -2.41. The molecule has 1 atom stereocenters. The summed E-state index contributed by atoms with van der Waals surface area (Å²) in [5, 5.41) is 3.80. The van der Waals surface area contributed by atoms with Gasteiger partial charge in [0.05, 0.1) is 17.1 Å². The number of hydrogen-bond acceptors (Lipinski definition) is 5. The van der Waals surface area contributed by atoms with Crippen molar-refractivity contribution < 1.29 is 0 Å². The van der Waals surface area contributed by atoms with Gasteiger partial charge in [0.2, 0.25) is 5.95 Å². The molecule has 152 valence electrons. The molecule has 0 bridgehead atoms. The number of fused-ring (bicyclic) bond motifs is 2. The lowest BCUT2D eigenvalue weighted by molar-refractivity contribution is 0.224. The fraction of sp³-hybridized carbons (Fsp3) is 0.478. The number of pyridine rings is 1. The van der Waals surface area contributed by atoms with E-state index in [0.29, 0.717) is 12.1 Å². The number of hydrogen-bond donors (Lipinski definition) is 2. The molecule has 0 saturated carbocycles. The van der Waals surface area contributed by atoms with Crippen molar-refractivity contribution in [1.82, 2.24) is 19.4 Å². The van der Waals surface area contributed by atoms with Crippen LogP contribution in [-0.4, -0.2) is 51.7 Å². The molecule has 1 aromatic carbocycles. The Kier molecular flexibility index (Phi) is 5.21. The number of anilines is 1. The number of aromatic nitrogens is 3. The predicted octanol–water partition coefficient (Wildman–Crippen LogP) is 3.19. The van der Waals surface area contributed by atoms with E-state index in [1.54, 1.807) is 0 Å². The fourth-order valence-corrected chi connectivity index (χ4v) is 4.98. The van der Waals surface area contributed by atoms with Gasteiger partial charge < -0.3 is 20.5 Å². The van der Waals surface area contributed by atoms with Gasteiger partial charge in [0.15, 0.2) is 0 Å². The average molecular weight is 391 g/mol. The summed E-state index contributed by atoms with van der Waals surface area (Å²) in [4.78, 5) is 12.1. The Morgan fingerprint density at radius 2 is 1.93 bits per heavy atom. The zero-order valence-electron chi connectivity index (χ0n) is 16.9. The first-order chi connectivity index (χ1) is 14.3.